The van der Waals surface area contributed by atoms with E-state index in [0.29, 0.717) is 11.0 Å². The first-order chi connectivity index (χ1) is 6.27. The van der Waals surface area contributed by atoms with Gasteiger partial charge in [0.25, 0.3) is 0 Å². The van der Waals surface area contributed by atoms with Gasteiger partial charge >= 0.3 is 0 Å². The van der Waals surface area contributed by atoms with E-state index in [1.807, 2.05) is 6.07 Å². The van der Waals surface area contributed by atoms with E-state index in [2.05, 4.69) is 10.5 Å². The average molecular weight is 177 g/mol. The lowest BCUT2D eigenvalue weighted by atomic mass is 10.3. The van der Waals surface area contributed by atoms with Gasteiger partial charge in [-0.2, -0.15) is 0 Å². The van der Waals surface area contributed by atoms with Crippen molar-refractivity contribution in [3.05, 3.63) is 46.2 Å². The highest BCUT2D eigenvalue weighted by atomic mass is 16.7. The Morgan fingerprint density at radius 3 is 3.00 bits per heavy atom. The Morgan fingerprint density at radius 2 is 2.23 bits per heavy atom. The predicted molar refractivity (Wildman–Crippen MR) is 45.5 cm³/mol. The molecule has 13 heavy (non-hydrogen) atoms. The number of nitro groups is 1. The Balaban J connectivity index is 2.51. The van der Waals surface area contributed by atoms with Crippen molar-refractivity contribution >= 4 is 11.0 Å². The zero-order valence-corrected chi connectivity index (χ0v) is 6.49. The van der Waals surface area contributed by atoms with Crippen LogP contribution in [0.3, 0.4) is 0 Å². The number of imidazole rings is 1. The second kappa shape index (κ2) is 2.74. The molecular formula is C7H5N4O2-. The Bertz CT molecular complexity index is 450. The summed E-state index contributed by atoms with van der Waals surface area (Å²) in [5.41, 5.74) is 4.44. The molecule has 0 amide bonds. The normalized spacial score (nSPS) is 10.2. The molecule has 6 heteroatoms. The van der Waals surface area contributed by atoms with Crippen LogP contribution < -0.4 is 0 Å². The Labute approximate surface area is 72.9 Å². The predicted octanol–water partition coefficient (Wildman–Crippen LogP) is 1.36. The molecule has 0 spiro atoms. The summed E-state index contributed by atoms with van der Waals surface area (Å²) in [5.74, 6) is 0. The lowest BCUT2D eigenvalue weighted by molar-refractivity contribution is -0.432. The molecule has 6 nitrogen and oxygen atoms in total. The molecule has 0 aliphatic carbocycles. The van der Waals surface area contributed by atoms with Crippen LogP contribution in [-0.2, 0) is 0 Å². The van der Waals surface area contributed by atoms with Gasteiger partial charge in [-0.1, -0.05) is 12.1 Å². The van der Waals surface area contributed by atoms with Gasteiger partial charge in [0.1, 0.15) is 11.0 Å². The molecule has 1 heterocycles. The molecule has 2 rings (SSSR count). The highest BCUT2D eigenvalue weighted by Gasteiger charge is 1.99. The van der Waals surface area contributed by atoms with Crippen molar-refractivity contribution in [2.75, 3.05) is 0 Å². The van der Waals surface area contributed by atoms with Crippen molar-refractivity contribution in [2.24, 2.45) is 0 Å². The number of benzene rings is 1. The second-order valence-corrected chi connectivity index (χ2v) is 2.41. The minimum atomic E-state index is -0.756. The van der Waals surface area contributed by atoms with Crippen molar-refractivity contribution in [1.82, 2.24) is 9.66 Å². The number of para-hydroxylation sites is 2. The van der Waals surface area contributed by atoms with Gasteiger partial charge in [0.2, 0.25) is 0 Å². The highest BCUT2D eigenvalue weighted by Crippen LogP contribution is 2.13. The molecule has 0 aliphatic heterocycles. The number of nitrogens with zero attached hydrogens (tertiary/aromatic N) is 4. The monoisotopic (exact) mass is 177 g/mol. The van der Waals surface area contributed by atoms with E-state index < -0.39 is 5.03 Å². The third-order valence-corrected chi connectivity index (χ3v) is 1.60. The van der Waals surface area contributed by atoms with Crippen LogP contribution in [0.5, 0.6) is 0 Å². The smallest absolute Gasteiger partial charge is 0.173 e. The lowest BCUT2D eigenvalue weighted by Gasteiger charge is -2.11. The maximum absolute atomic E-state index is 10.1. The second-order valence-electron chi connectivity index (χ2n) is 2.41. The molecule has 0 saturated heterocycles. The molecule has 0 unspecified atom stereocenters. The van der Waals surface area contributed by atoms with Crippen LogP contribution in [0.4, 0.5) is 0 Å². The van der Waals surface area contributed by atoms with E-state index in [4.69, 9.17) is 0 Å². The van der Waals surface area contributed by atoms with Crippen LogP contribution >= 0.6 is 0 Å². The number of rotatable bonds is 2. The summed E-state index contributed by atoms with van der Waals surface area (Å²) in [5, 5.41) is 9.34. The van der Waals surface area contributed by atoms with Crippen molar-refractivity contribution in [3.63, 3.8) is 0 Å². The zero-order valence-electron chi connectivity index (χ0n) is 6.49. The first kappa shape index (κ1) is 7.53. The summed E-state index contributed by atoms with van der Waals surface area (Å²) < 4.78 is 1.13. The number of hydrogen-bond acceptors (Lipinski definition) is 3. The average Bonchev–Trinajstić information content (AvgIpc) is 2.48. The van der Waals surface area contributed by atoms with E-state index in [-0.39, 0.29) is 0 Å². The fourth-order valence-corrected chi connectivity index (χ4v) is 1.10. The summed E-state index contributed by atoms with van der Waals surface area (Å²) in [4.78, 5) is 14.0. The summed E-state index contributed by atoms with van der Waals surface area (Å²) in [7, 11) is 0. The molecule has 0 atom stereocenters. The van der Waals surface area contributed by atoms with Gasteiger partial charge in [-0.15, -0.1) is 5.03 Å². The van der Waals surface area contributed by atoms with Gasteiger partial charge < -0.3 is 10.1 Å². The van der Waals surface area contributed by atoms with Crippen LogP contribution in [-0.4, -0.2) is 14.7 Å². The van der Waals surface area contributed by atoms with Crippen LogP contribution in [0, 0.1) is 10.1 Å². The molecule has 0 N–H and O–H groups in total. The summed E-state index contributed by atoms with van der Waals surface area (Å²) in [6.45, 7) is 0. The van der Waals surface area contributed by atoms with Crippen LogP contribution in [0.2, 0.25) is 0 Å². The molecule has 0 fully saturated rings. The third kappa shape index (κ3) is 1.28. The minimum Gasteiger partial charge on any atom is -0.373 e. The topological polar surface area (TPSA) is 75.1 Å². The summed E-state index contributed by atoms with van der Waals surface area (Å²) >= 11 is 0. The van der Waals surface area contributed by atoms with Crippen molar-refractivity contribution < 1.29 is 5.03 Å². The maximum Gasteiger partial charge on any atom is 0.173 e. The van der Waals surface area contributed by atoms with Gasteiger partial charge in [0.05, 0.1) is 0 Å². The number of fused-ring (bicyclic) bond motifs is 1. The fraction of sp³-hybridized carbons (Fsp3) is 0. The fourth-order valence-electron chi connectivity index (χ4n) is 1.10. The van der Waals surface area contributed by atoms with Gasteiger partial charge in [-0.05, 0) is 12.1 Å². The quantitative estimate of drug-likeness (QED) is 0.513. The van der Waals surface area contributed by atoms with E-state index >= 15 is 0 Å². The Kier molecular flexibility index (Phi) is 1.59. The third-order valence-electron chi connectivity index (χ3n) is 1.60. The number of aromatic nitrogens is 2. The van der Waals surface area contributed by atoms with Crippen LogP contribution in [0.15, 0.2) is 30.6 Å². The van der Waals surface area contributed by atoms with Crippen LogP contribution in [0.25, 0.3) is 16.6 Å². The van der Waals surface area contributed by atoms with E-state index in [1.54, 1.807) is 18.2 Å². The van der Waals surface area contributed by atoms with Gasteiger partial charge in [-0.3, -0.25) is 10.2 Å². The van der Waals surface area contributed by atoms with E-state index in [9.17, 15) is 10.1 Å². The minimum absolute atomic E-state index is 0.624. The van der Waals surface area contributed by atoms with Gasteiger partial charge in [-0.25, -0.2) is 4.98 Å². The number of hydrogen-bond donors (Lipinski definition) is 0. The molecule has 0 aliphatic rings. The molecular weight excluding hydrogens is 172 g/mol. The molecule has 66 valence electrons. The molecule has 0 radical (unpaired) electrons. The zero-order chi connectivity index (χ0) is 9.26. The van der Waals surface area contributed by atoms with Crippen molar-refractivity contribution in [1.29, 1.82) is 0 Å². The van der Waals surface area contributed by atoms with Gasteiger partial charge in [0, 0.05) is 0 Å². The summed E-state index contributed by atoms with van der Waals surface area (Å²) in [6, 6.07) is 7.07. The molecule has 2 aromatic rings. The Morgan fingerprint density at radius 1 is 1.46 bits per heavy atom. The largest absolute Gasteiger partial charge is 0.373 e. The van der Waals surface area contributed by atoms with Crippen molar-refractivity contribution in [3.8, 4) is 0 Å². The molecule has 0 saturated carbocycles. The van der Waals surface area contributed by atoms with Gasteiger partial charge in [0.15, 0.2) is 6.33 Å². The van der Waals surface area contributed by atoms with E-state index in [0.717, 1.165) is 4.68 Å². The molecule has 1 aromatic heterocycles. The lowest BCUT2D eigenvalue weighted by Crippen LogP contribution is -1.97. The first-order valence-corrected chi connectivity index (χ1v) is 3.56. The molecule has 1 aromatic carbocycles. The SMILES string of the molecule is O=[N+]([O-])[N-]n1cnc2ccccc21. The first-order valence-electron chi connectivity index (χ1n) is 3.56. The molecule has 0 bridgehead atoms. The summed E-state index contributed by atoms with van der Waals surface area (Å²) in [6.07, 6.45) is 1.31. The van der Waals surface area contributed by atoms with E-state index in [1.165, 1.54) is 6.33 Å². The van der Waals surface area contributed by atoms with Crippen LogP contribution in [0.1, 0.15) is 0 Å². The van der Waals surface area contributed by atoms with Crippen molar-refractivity contribution in [2.45, 2.75) is 0 Å². The maximum atomic E-state index is 10.1. The highest BCUT2D eigenvalue weighted by molar-refractivity contribution is 5.75. The Hall–Kier alpha value is -2.11. The standard InChI is InChI=1S/C7H5N4O2/c12-11(13)9-10-5-8-6-3-1-2-4-7(6)10/h1-5H/q-1.